The molecule has 0 radical (unpaired) electrons. The molecule has 2 N–H and O–H groups in total. The smallest absolute Gasteiger partial charge is 0.273 e. The lowest BCUT2D eigenvalue weighted by Gasteiger charge is -2.14. The summed E-state index contributed by atoms with van der Waals surface area (Å²) in [6.45, 7) is 0.635. The Kier molecular flexibility index (Phi) is 7.51. The molecule has 12 heteroatoms. The van der Waals surface area contributed by atoms with Gasteiger partial charge in [0.05, 0.1) is 21.6 Å². The normalized spacial score (nSPS) is 15.7. The standard InChI is InChI=1S/C23H21N3O7S2/c27-17-12-15(26(30)31)6-7-16(17)24-21(28)4-2-1-3-9-25-22(29)20(35-23(25)34)11-14-5-8-18-19(10-14)33-13-32-18/h5-8,10-12,27H,1-4,9,13H2,(H,24,28). The van der Waals surface area contributed by atoms with E-state index in [-0.39, 0.29) is 42.2 Å². The number of thioether (sulfide) groups is 1. The highest BCUT2D eigenvalue weighted by molar-refractivity contribution is 8.26. The van der Waals surface area contributed by atoms with E-state index in [4.69, 9.17) is 21.7 Å². The third-order valence-corrected chi connectivity index (χ3v) is 6.70. The summed E-state index contributed by atoms with van der Waals surface area (Å²) in [6, 6.07) is 8.95. The summed E-state index contributed by atoms with van der Waals surface area (Å²) in [7, 11) is 0. The van der Waals surface area contributed by atoms with E-state index in [1.165, 1.54) is 23.9 Å². The first-order valence-electron chi connectivity index (χ1n) is 10.7. The van der Waals surface area contributed by atoms with Crippen LogP contribution >= 0.6 is 24.0 Å². The Hall–Kier alpha value is -3.64. The number of carbonyl (C=O) groups is 2. The minimum atomic E-state index is -0.628. The molecule has 2 heterocycles. The molecule has 0 unspecified atom stereocenters. The highest BCUT2D eigenvalue weighted by atomic mass is 32.2. The summed E-state index contributed by atoms with van der Waals surface area (Å²) in [5.41, 5.74) is 0.675. The van der Waals surface area contributed by atoms with Crippen molar-refractivity contribution in [1.82, 2.24) is 4.90 Å². The van der Waals surface area contributed by atoms with E-state index in [0.717, 1.165) is 11.6 Å². The van der Waals surface area contributed by atoms with Gasteiger partial charge in [-0.2, -0.15) is 0 Å². The number of unbranched alkanes of at least 4 members (excludes halogenated alkanes) is 2. The molecule has 1 saturated heterocycles. The number of nitro groups is 1. The van der Waals surface area contributed by atoms with Crippen molar-refractivity contribution in [3.05, 3.63) is 57.0 Å². The van der Waals surface area contributed by atoms with Gasteiger partial charge in [0.2, 0.25) is 12.7 Å². The topological polar surface area (TPSA) is 131 Å². The van der Waals surface area contributed by atoms with Gasteiger partial charge in [-0.25, -0.2) is 0 Å². The summed E-state index contributed by atoms with van der Waals surface area (Å²) in [6.07, 6.45) is 3.91. The fraction of sp³-hybridized carbons (Fsp3) is 0.261. The van der Waals surface area contributed by atoms with Gasteiger partial charge in [0.25, 0.3) is 11.6 Å². The molecule has 10 nitrogen and oxygen atoms in total. The second kappa shape index (κ2) is 10.7. The molecule has 2 amide bonds. The highest BCUT2D eigenvalue weighted by Crippen LogP contribution is 2.36. The summed E-state index contributed by atoms with van der Waals surface area (Å²) < 4.78 is 11.2. The maximum atomic E-state index is 12.8. The average Bonchev–Trinajstić information content (AvgIpc) is 3.39. The number of ether oxygens (including phenoxy) is 2. The van der Waals surface area contributed by atoms with Crippen molar-refractivity contribution in [2.75, 3.05) is 18.7 Å². The second-order valence-corrected chi connectivity index (χ2v) is 9.44. The van der Waals surface area contributed by atoms with Crippen molar-refractivity contribution in [1.29, 1.82) is 0 Å². The number of anilines is 1. The molecule has 2 aliphatic heterocycles. The highest BCUT2D eigenvalue weighted by Gasteiger charge is 2.31. The molecule has 0 spiro atoms. The minimum Gasteiger partial charge on any atom is -0.506 e. The number of amides is 2. The number of rotatable bonds is 9. The Bertz CT molecular complexity index is 1230. The van der Waals surface area contributed by atoms with Crippen LogP contribution in [0.25, 0.3) is 6.08 Å². The van der Waals surface area contributed by atoms with Gasteiger partial charge in [-0.1, -0.05) is 36.5 Å². The lowest BCUT2D eigenvalue weighted by atomic mass is 10.1. The van der Waals surface area contributed by atoms with Gasteiger partial charge in [-0.05, 0) is 42.7 Å². The molecule has 182 valence electrons. The van der Waals surface area contributed by atoms with E-state index in [1.54, 1.807) is 17.0 Å². The van der Waals surface area contributed by atoms with E-state index in [1.807, 2.05) is 12.1 Å². The molecule has 0 atom stereocenters. The first-order chi connectivity index (χ1) is 16.8. The van der Waals surface area contributed by atoms with Crippen LogP contribution in [0.3, 0.4) is 0 Å². The third-order valence-electron chi connectivity index (χ3n) is 5.32. The summed E-state index contributed by atoms with van der Waals surface area (Å²) in [4.78, 5) is 37.1. The van der Waals surface area contributed by atoms with Gasteiger partial charge >= 0.3 is 0 Å². The van der Waals surface area contributed by atoms with Crippen LogP contribution < -0.4 is 14.8 Å². The zero-order valence-corrected chi connectivity index (χ0v) is 20.0. The zero-order chi connectivity index (χ0) is 24.9. The molecule has 0 aliphatic carbocycles. The number of phenolic OH excluding ortho intramolecular Hbond substituents is 1. The van der Waals surface area contributed by atoms with Crippen LogP contribution in [0.1, 0.15) is 31.2 Å². The maximum Gasteiger partial charge on any atom is 0.273 e. The first kappa shape index (κ1) is 24.5. The number of nitrogens with one attached hydrogen (secondary N) is 1. The predicted molar refractivity (Wildman–Crippen MR) is 134 cm³/mol. The summed E-state index contributed by atoms with van der Waals surface area (Å²) in [5, 5.41) is 23.1. The SMILES string of the molecule is O=C(CCCCCN1C(=O)C(=Cc2ccc3c(c2)OCO3)SC1=S)Nc1ccc([N+](=O)[O-])cc1O. The molecule has 0 bridgehead atoms. The predicted octanol–water partition coefficient (Wildman–Crippen LogP) is 4.43. The molecule has 2 aromatic rings. The zero-order valence-electron chi connectivity index (χ0n) is 18.4. The molecule has 4 rings (SSSR count). The quantitative estimate of drug-likeness (QED) is 0.124. The van der Waals surface area contributed by atoms with Gasteiger partial charge in [0, 0.05) is 19.0 Å². The van der Waals surface area contributed by atoms with E-state index < -0.39 is 4.92 Å². The molecule has 35 heavy (non-hydrogen) atoms. The van der Waals surface area contributed by atoms with Crippen molar-refractivity contribution < 1.29 is 29.1 Å². The monoisotopic (exact) mass is 515 g/mol. The number of nitrogens with zero attached hydrogens (tertiary/aromatic N) is 2. The largest absolute Gasteiger partial charge is 0.506 e. The Morgan fingerprint density at radius 1 is 1.20 bits per heavy atom. The number of hydrogen-bond acceptors (Lipinski definition) is 9. The van der Waals surface area contributed by atoms with E-state index in [2.05, 4.69) is 5.32 Å². The maximum absolute atomic E-state index is 12.8. The number of fused-ring (bicyclic) bond motifs is 1. The fourth-order valence-corrected chi connectivity index (χ4v) is 4.84. The van der Waals surface area contributed by atoms with Gasteiger partial charge < -0.3 is 19.9 Å². The van der Waals surface area contributed by atoms with Crippen molar-refractivity contribution in [2.45, 2.75) is 25.7 Å². The molecular formula is C23H21N3O7S2. The first-order valence-corrected chi connectivity index (χ1v) is 12.0. The van der Waals surface area contributed by atoms with Crippen molar-refractivity contribution >= 4 is 57.6 Å². The number of nitro benzene ring substituents is 1. The van der Waals surface area contributed by atoms with Crippen LogP contribution in [0.4, 0.5) is 11.4 Å². The minimum absolute atomic E-state index is 0.118. The number of carbonyl (C=O) groups excluding carboxylic acids is 2. The summed E-state index contributed by atoms with van der Waals surface area (Å²) >= 11 is 6.62. The number of phenols is 1. The third kappa shape index (κ3) is 5.89. The molecule has 2 aromatic carbocycles. The fourth-order valence-electron chi connectivity index (χ4n) is 3.53. The molecule has 0 aromatic heterocycles. The van der Waals surface area contributed by atoms with Crippen molar-refractivity contribution in [3.63, 3.8) is 0 Å². The Morgan fingerprint density at radius 2 is 2.00 bits per heavy atom. The molecular weight excluding hydrogens is 494 g/mol. The Labute approximate surface area is 210 Å². The number of benzene rings is 2. The van der Waals surface area contributed by atoms with Gasteiger partial charge in [-0.15, -0.1) is 0 Å². The lowest BCUT2D eigenvalue weighted by Crippen LogP contribution is -2.29. The number of thiocarbonyl (C=S) groups is 1. The second-order valence-electron chi connectivity index (χ2n) is 7.76. The average molecular weight is 516 g/mol. The van der Waals surface area contributed by atoms with Gasteiger partial charge in [0.15, 0.2) is 11.5 Å². The van der Waals surface area contributed by atoms with Crippen LogP contribution in [-0.4, -0.2) is 44.4 Å². The van der Waals surface area contributed by atoms with Crippen LogP contribution in [0.2, 0.25) is 0 Å². The molecule has 2 aliphatic rings. The number of non-ortho nitro benzene ring substituents is 1. The molecule has 0 saturated carbocycles. The Morgan fingerprint density at radius 3 is 2.77 bits per heavy atom. The molecule has 1 fully saturated rings. The van der Waals surface area contributed by atoms with E-state index >= 15 is 0 Å². The van der Waals surface area contributed by atoms with E-state index in [9.17, 15) is 24.8 Å². The van der Waals surface area contributed by atoms with Gasteiger partial charge in [0.1, 0.15) is 10.1 Å². The summed E-state index contributed by atoms with van der Waals surface area (Å²) in [5.74, 6) is 0.487. The van der Waals surface area contributed by atoms with Gasteiger partial charge in [-0.3, -0.25) is 24.6 Å². The number of aromatic hydroxyl groups is 1. The van der Waals surface area contributed by atoms with Crippen molar-refractivity contribution in [3.8, 4) is 17.2 Å². The van der Waals surface area contributed by atoms with Crippen LogP contribution in [0.5, 0.6) is 17.2 Å². The number of hydrogen-bond donors (Lipinski definition) is 2. The Balaban J connectivity index is 1.21. The lowest BCUT2D eigenvalue weighted by molar-refractivity contribution is -0.384. The van der Waals surface area contributed by atoms with Crippen molar-refractivity contribution in [2.24, 2.45) is 0 Å². The van der Waals surface area contributed by atoms with Crippen LogP contribution in [0.15, 0.2) is 41.3 Å². The van der Waals surface area contributed by atoms with Crippen LogP contribution in [0, 0.1) is 10.1 Å². The van der Waals surface area contributed by atoms with E-state index in [0.29, 0.717) is 46.5 Å². The van der Waals surface area contributed by atoms with Crippen LogP contribution in [-0.2, 0) is 9.59 Å².